The maximum absolute atomic E-state index is 12.2. The number of ether oxygens (including phenoxy) is 1. The summed E-state index contributed by atoms with van der Waals surface area (Å²) in [6, 6.07) is 9.45. The van der Waals surface area contributed by atoms with Crippen LogP contribution in [0.5, 0.6) is 5.75 Å². The summed E-state index contributed by atoms with van der Waals surface area (Å²) in [5.74, 6) is 0.829. The standard InChI is InChI=1S/C16H19N3O2/c1-19(15-9-10-18-11-14(15)17)16(20)8-5-12-3-6-13(21-2)7-4-12/h3-4,6-7,9-11H,5,8,17H2,1-2H3. The van der Waals surface area contributed by atoms with Crippen LogP contribution in [0.1, 0.15) is 12.0 Å². The summed E-state index contributed by atoms with van der Waals surface area (Å²) in [4.78, 5) is 17.7. The third kappa shape index (κ3) is 3.72. The molecule has 5 heteroatoms. The van der Waals surface area contributed by atoms with E-state index in [2.05, 4.69) is 4.98 Å². The molecule has 1 heterocycles. The zero-order valence-electron chi connectivity index (χ0n) is 12.2. The van der Waals surface area contributed by atoms with Crippen molar-refractivity contribution >= 4 is 17.3 Å². The van der Waals surface area contributed by atoms with Crippen LogP contribution in [-0.4, -0.2) is 25.0 Å². The molecule has 0 unspecified atom stereocenters. The van der Waals surface area contributed by atoms with Gasteiger partial charge in [0.1, 0.15) is 5.75 Å². The minimum Gasteiger partial charge on any atom is -0.497 e. The first-order valence-electron chi connectivity index (χ1n) is 6.71. The van der Waals surface area contributed by atoms with Crippen LogP contribution in [0.25, 0.3) is 0 Å². The molecule has 2 aromatic rings. The van der Waals surface area contributed by atoms with Gasteiger partial charge in [-0.1, -0.05) is 12.1 Å². The number of aryl methyl sites for hydroxylation is 1. The van der Waals surface area contributed by atoms with Gasteiger partial charge in [-0.05, 0) is 30.2 Å². The molecule has 0 bridgehead atoms. The van der Waals surface area contributed by atoms with E-state index in [1.165, 1.54) is 0 Å². The number of carbonyl (C=O) groups excluding carboxylic acids is 1. The van der Waals surface area contributed by atoms with Crippen LogP contribution in [-0.2, 0) is 11.2 Å². The van der Waals surface area contributed by atoms with Gasteiger partial charge in [0.15, 0.2) is 0 Å². The summed E-state index contributed by atoms with van der Waals surface area (Å²) in [5, 5.41) is 0. The van der Waals surface area contributed by atoms with Gasteiger partial charge >= 0.3 is 0 Å². The molecule has 0 aliphatic heterocycles. The van der Waals surface area contributed by atoms with Gasteiger partial charge in [-0.2, -0.15) is 0 Å². The highest BCUT2D eigenvalue weighted by Gasteiger charge is 2.13. The lowest BCUT2D eigenvalue weighted by atomic mass is 10.1. The third-order valence-electron chi connectivity index (χ3n) is 3.35. The van der Waals surface area contributed by atoms with E-state index in [4.69, 9.17) is 10.5 Å². The zero-order chi connectivity index (χ0) is 15.2. The monoisotopic (exact) mass is 285 g/mol. The number of nitrogen functional groups attached to an aromatic ring is 1. The van der Waals surface area contributed by atoms with Crippen molar-refractivity contribution in [3.05, 3.63) is 48.3 Å². The molecule has 0 spiro atoms. The third-order valence-corrected chi connectivity index (χ3v) is 3.35. The first-order chi connectivity index (χ1) is 10.1. The SMILES string of the molecule is COc1ccc(CCC(=O)N(C)c2ccncc2N)cc1. The number of nitrogens with zero attached hydrogens (tertiary/aromatic N) is 2. The average Bonchev–Trinajstić information content (AvgIpc) is 2.53. The van der Waals surface area contributed by atoms with Crippen molar-refractivity contribution in [3.8, 4) is 5.75 Å². The number of benzene rings is 1. The summed E-state index contributed by atoms with van der Waals surface area (Å²) < 4.78 is 5.11. The molecule has 5 nitrogen and oxygen atoms in total. The van der Waals surface area contributed by atoms with Crippen molar-refractivity contribution in [2.45, 2.75) is 12.8 Å². The first-order valence-corrected chi connectivity index (χ1v) is 6.71. The average molecular weight is 285 g/mol. The van der Waals surface area contributed by atoms with E-state index in [9.17, 15) is 4.79 Å². The van der Waals surface area contributed by atoms with Gasteiger partial charge < -0.3 is 15.4 Å². The quantitative estimate of drug-likeness (QED) is 0.915. The lowest BCUT2D eigenvalue weighted by molar-refractivity contribution is -0.118. The maximum atomic E-state index is 12.2. The molecule has 2 N–H and O–H groups in total. The van der Waals surface area contributed by atoms with E-state index < -0.39 is 0 Å². The van der Waals surface area contributed by atoms with Crippen molar-refractivity contribution in [3.63, 3.8) is 0 Å². The highest BCUT2D eigenvalue weighted by Crippen LogP contribution is 2.21. The normalized spacial score (nSPS) is 10.2. The molecule has 1 aromatic heterocycles. The molecule has 1 amide bonds. The molecule has 0 aliphatic rings. The largest absolute Gasteiger partial charge is 0.497 e. The van der Waals surface area contributed by atoms with Gasteiger partial charge in [-0.25, -0.2) is 0 Å². The molecule has 0 saturated carbocycles. The Hall–Kier alpha value is -2.56. The molecule has 0 atom stereocenters. The van der Waals surface area contributed by atoms with Crippen LogP contribution >= 0.6 is 0 Å². The predicted octanol–water partition coefficient (Wildman–Crippen LogP) is 2.27. The number of amides is 1. The van der Waals surface area contributed by atoms with Crippen molar-refractivity contribution in [2.75, 3.05) is 24.8 Å². The minimum atomic E-state index is 0.0173. The molecule has 110 valence electrons. The van der Waals surface area contributed by atoms with Crippen LogP contribution in [0.2, 0.25) is 0 Å². The molecule has 2 rings (SSSR count). The van der Waals surface area contributed by atoms with Gasteiger partial charge in [-0.15, -0.1) is 0 Å². The van der Waals surface area contributed by atoms with Gasteiger partial charge in [0.2, 0.25) is 5.91 Å². The Morgan fingerprint density at radius 1 is 1.29 bits per heavy atom. The smallest absolute Gasteiger partial charge is 0.227 e. The summed E-state index contributed by atoms with van der Waals surface area (Å²) in [5.41, 5.74) is 8.11. The number of carbonyl (C=O) groups is 1. The molecule has 0 saturated heterocycles. The number of nitrogens with two attached hydrogens (primary N) is 1. The Labute approximate surface area is 124 Å². The Kier molecular flexibility index (Phi) is 4.77. The minimum absolute atomic E-state index is 0.0173. The van der Waals surface area contributed by atoms with E-state index in [0.717, 1.165) is 11.3 Å². The van der Waals surface area contributed by atoms with E-state index in [1.807, 2.05) is 24.3 Å². The van der Waals surface area contributed by atoms with Crippen LogP contribution in [0.15, 0.2) is 42.7 Å². The summed E-state index contributed by atoms with van der Waals surface area (Å²) >= 11 is 0. The number of pyridine rings is 1. The van der Waals surface area contributed by atoms with Crippen molar-refractivity contribution in [1.29, 1.82) is 0 Å². The summed E-state index contributed by atoms with van der Waals surface area (Å²) in [6.45, 7) is 0. The van der Waals surface area contributed by atoms with Crippen molar-refractivity contribution in [2.24, 2.45) is 0 Å². The highest BCUT2D eigenvalue weighted by atomic mass is 16.5. The van der Waals surface area contributed by atoms with Gasteiger partial charge in [0, 0.05) is 19.7 Å². The van der Waals surface area contributed by atoms with Crippen molar-refractivity contribution in [1.82, 2.24) is 4.98 Å². The fourth-order valence-corrected chi connectivity index (χ4v) is 2.05. The lowest BCUT2D eigenvalue weighted by Gasteiger charge is -2.18. The van der Waals surface area contributed by atoms with Gasteiger partial charge in [0.25, 0.3) is 0 Å². The van der Waals surface area contributed by atoms with Crippen LogP contribution in [0.3, 0.4) is 0 Å². The Morgan fingerprint density at radius 3 is 2.62 bits per heavy atom. The topological polar surface area (TPSA) is 68.5 Å². The van der Waals surface area contributed by atoms with Crippen LogP contribution in [0.4, 0.5) is 11.4 Å². The summed E-state index contributed by atoms with van der Waals surface area (Å²) in [7, 11) is 3.36. The molecule has 21 heavy (non-hydrogen) atoms. The first kappa shape index (κ1) is 14.8. The van der Waals surface area contributed by atoms with E-state index in [0.29, 0.717) is 24.2 Å². The van der Waals surface area contributed by atoms with E-state index >= 15 is 0 Å². The fraction of sp³-hybridized carbons (Fsp3) is 0.250. The second kappa shape index (κ2) is 6.74. The maximum Gasteiger partial charge on any atom is 0.227 e. The second-order valence-electron chi connectivity index (χ2n) is 4.74. The number of methoxy groups -OCH3 is 1. The highest BCUT2D eigenvalue weighted by molar-refractivity contribution is 5.95. The van der Waals surface area contributed by atoms with Crippen LogP contribution in [0, 0.1) is 0 Å². The molecule has 0 fully saturated rings. The molecular formula is C16H19N3O2. The Morgan fingerprint density at radius 2 is 2.00 bits per heavy atom. The predicted molar refractivity (Wildman–Crippen MR) is 83.4 cm³/mol. The lowest BCUT2D eigenvalue weighted by Crippen LogP contribution is -2.27. The number of aromatic nitrogens is 1. The number of rotatable bonds is 5. The zero-order valence-corrected chi connectivity index (χ0v) is 12.2. The molecular weight excluding hydrogens is 266 g/mol. The van der Waals surface area contributed by atoms with Crippen LogP contribution < -0.4 is 15.4 Å². The van der Waals surface area contributed by atoms with Gasteiger partial charge in [0.05, 0.1) is 24.7 Å². The van der Waals surface area contributed by atoms with E-state index in [1.54, 1.807) is 37.5 Å². The fourth-order valence-electron chi connectivity index (χ4n) is 2.05. The van der Waals surface area contributed by atoms with Crippen molar-refractivity contribution < 1.29 is 9.53 Å². The number of hydrogen-bond acceptors (Lipinski definition) is 4. The number of hydrogen-bond donors (Lipinski definition) is 1. The summed E-state index contributed by atoms with van der Waals surface area (Å²) in [6.07, 6.45) is 4.27. The molecule has 0 radical (unpaired) electrons. The Bertz CT molecular complexity index is 611. The molecule has 0 aliphatic carbocycles. The van der Waals surface area contributed by atoms with E-state index in [-0.39, 0.29) is 5.91 Å². The second-order valence-corrected chi connectivity index (χ2v) is 4.74. The number of anilines is 2. The Balaban J connectivity index is 1.96. The molecule has 1 aromatic carbocycles. The van der Waals surface area contributed by atoms with Gasteiger partial charge in [-0.3, -0.25) is 9.78 Å².